The van der Waals surface area contributed by atoms with Gasteiger partial charge in [-0.3, -0.25) is 19.3 Å². The van der Waals surface area contributed by atoms with Crippen LogP contribution in [-0.2, 0) is 9.59 Å². The highest BCUT2D eigenvalue weighted by Gasteiger charge is 2.14. The molecular formula is C24H32N4O3. The summed E-state index contributed by atoms with van der Waals surface area (Å²) in [4.78, 5) is 40.4. The van der Waals surface area contributed by atoms with E-state index in [1.54, 1.807) is 41.1 Å². The predicted octanol–water partition coefficient (Wildman–Crippen LogP) is 3.29. The van der Waals surface area contributed by atoms with Gasteiger partial charge in [0.2, 0.25) is 11.8 Å². The van der Waals surface area contributed by atoms with Gasteiger partial charge in [0.25, 0.3) is 5.91 Å². The number of nitrogens with one attached hydrogen (secondary N) is 2. The summed E-state index contributed by atoms with van der Waals surface area (Å²) in [5, 5.41) is 5.69. The number of carbonyl (C=O) groups excluding carboxylic acids is 3. The van der Waals surface area contributed by atoms with Crippen molar-refractivity contribution < 1.29 is 14.4 Å². The molecule has 0 saturated heterocycles. The predicted molar refractivity (Wildman–Crippen MR) is 124 cm³/mol. The molecule has 0 aliphatic heterocycles. The van der Waals surface area contributed by atoms with E-state index in [4.69, 9.17) is 0 Å². The second-order valence-electron chi connectivity index (χ2n) is 7.57. The maximum absolute atomic E-state index is 12.4. The van der Waals surface area contributed by atoms with Crippen molar-refractivity contribution in [3.8, 4) is 0 Å². The third-order valence-corrected chi connectivity index (χ3v) is 5.17. The van der Waals surface area contributed by atoms with E-state index in [9.17, 15) is 14.4 Å². The first-order valence-electron chi connectivity index (χ1n) is 10.5. The molecule has 0 radical (unpaired) electrons. The molecule has 0 aromatic heterocycles. The van der Waals surface area contributed by atoms with E-state index in [0.717, 1.165) is 16.8 Å². The molecular weight excluding hydrogens is 392 g/mol. The highest BCUT2D eigenvalue weighted by molar-refractivity contribution is 5.97. The van der Waals surface area contributed by atoms with Crippen molar-refractivity contribution in [2.24, 2.45) is 0 Å². The quantitative estimate of drug-likeness (QED) is 0.647. The van der Waals surface area contributed by atoms with E-state index in [1.807, 2.05) is 45.9 Å². The van der Waals surface area contributed by atoms with Crippen LogP contribution < -0.4 is 10.6 Å². The third kappa shape index (κ3) is 6.93. The largest absolute Gasteiger partial charge is 0.339 e. The molecule has 2 aromatic rings. The molecule has 166 valence electrons. The number of hydrogen-bond donors (Lipinski definition) is 2. The molecule has 2 rings (SSSR count). The van der Waals surface area contributed by atoms with Crippen LogP contribution >= 0.6 is 0 Å². The average Bonchev–Trinajstić information content (AvgIpc) is 2.72. The van der Waals surface area contributed by atoms with E-state index >= 15 is 0 Å². The van der Waals surface area contributed by atoms with E-state index < -0.39 is 0 Å². The number of hydrogen-bond acceptors (Lipinski definition) is 4. The monoisotopic (exact) mass is 424 g/mol. The Kier molecular flexibility index (Phi) is 8.75. The molecule has 0 atom stereocenters. The summed E-state index contributed by atoms with van der Waals surface area (Å²) >= 11 is 0. The molecule has 0 fully saturated rings. The fourth-order valence-corrected chi connectivity index (χ4v) is 3.21. The van der Waals surface area contributed by atoms with Gasteiger partial charge >= 0.3 is 0 Å². The van der Waals surface area contributed by atoms with Gasteiger partial charge < -0.3 is 15.5 Å². The van der Waals surface area contributed by atoms with Crippen LogP contribution in [0.2, 0.25) is 0 Å². The maximum atomic E-state index is 12.4. The SMILES string of the molecule is CCN(CC)C(=O)c1ccc(NC(=O)CN(C)CC(=O)Nc2cccc(C)c2C)cc1. The number of amides is 3. The molecule has 0 unspecified atom stereocenters. The van der Waals surface area contributed by atoms with Crippen molar-refractivity contribution in [3.05, 3.63) is 59.2 Å². The van der Waals surface area contributed by atoms with Gasteiger partial charge in [-0.2, -0.15) is 0 Å². The first kappa shape index (κ1) is 24.1. The molecule has 0 aliphatic carbocycles. The summed E-state index contributed by atoms with van der Waals surface area (Å²) in [5.74, 6) is -0.439. The Morgan fingerprint density at radius 1 is 0.839 bits per heavy atom. The number of carbonyl (C=O) groups is 3. The van der Waals surface area contributed by atoms with Crippen LogP contribution in [-0.4, -0.2) is 60.7 Å². The van der Waals surface area contributed by atoms with Crippen molar-refractivity contribution in [1.29, 1.82) is 0 Å². The molecule has 3 amide bonds. The summed E-state index contributed by atoms with van der Waals surface area (Å²) in [6.07, 6.45) is 0. The second kappa shape index (κ2) is 11.3. The summed E-state index contributed by atoms with van der Waals surface area (Å²) in [6, 6.07) is 12.6. The highest BCUT2D eigenvalue weighted by atomic mass is 16.2. The molecule has 2 N–H and O–H groups in total. The Hall–Kier alpha value is -3.19. The summed E-state index contributed by atoms with van der Waals surface area (Å²) < 4.78 is 0. The topological polar surface area (TPSA) is 81.8 Å². The zero-order chi connectivity index (χ0) is 23.0. The van der Waals surface area contributed by atoms with Gasteiger partial charge in [0.15, 0.2) is 0 Å². The minimum Gasteiger partial charge on any atom is -0.339 e. The molecule has 0 bridgehead atoms. The fourth-order valence-electron chi connectivity index (χ4n) is 3.21. The highest BCUT2D eigenvalue weighted by Crippen LogP contribution is 2.17. The lowest BCUT2D eigenvalue weighted by molar-refractivity contribution is -0.119. The minimum atomic E-state index is -0.232. The minimum absolute atomic E-state index is 0.0301. The lowest BCUT2D eigenvalue weighted by atomic mass is 10.1. The van der Waals surface area contributed by atoms with Gasteiger partial charge in [-0.05, 0) is 76.2 Å². The zero-order valence-electron chi connectivity index (χ0n) is 19.0. The Morgan fingerprint density at radius 2 is 1.42 bits per heavy atom. The standard InChI is InChI=1S/C24H32N4O3/c1-6-28(7-2)24(31)19-11-13-20(14-12-19)25-22(29)15-27(5)16-23(30)26-21-10-8-9-17(3)18(21)4/h8-14H,6-7,15-16H2,1-5H3,(H,25,29)(H,26,30). The van der Waals surface area contributed by atoms with E-state index in [-0.39, 0.29) is 30.8 Å². The van der Waals surface area contributed by atoms with Crippen molar-refractivity contribution in [2.75, 3.05) is 43.9 Å². The number of nitrogens with zero attached hydrogens (tertiary/aromatic N) is 2. The molecule has 0 aliphatic rings. The normalized spacial score (nSPS) is 10.6. The van der Waals surface area contributed by atoms with Crippen LogP contribution in [0.4, 0.5) is 11.4 Å². The average molecular weight is 425 g/mol. The molecule has 7 heteroatoms. The van der Waals surface area contributed by atoms with Crippen molar-refractivity contribution in [3.63, 3.8) is 0 Å². The fraction of sp³-hybridized carbons (Fsp3) is 0.375. The molecule has 2 aromatic carbocycles. The van der Waals surface area contributed by atoms with Gasteiger partial charge in [-0.15, -0.1) is 0 Å². The first-order valence-corrected chi connectivity index (χ1v) is 10.5. The third-order valence-electron chi connectivity index (χ3n) is 5.17. The van der Waals surface area contributed by atoms with Crippen LogP contribution in [0, 0.1) is 13.8 Å². The lowest BCUT2D eigenvalue weighted by Gasteiger charge is -2.19. The summed E-state index contributed by atoms with van der Waals surface area (Å²) in [5.41, 5.74) is 4.10. The van der Waals surface area contributed by atoms with Crippen molar-refractivity contribution in [1.82, 2.24) is 9.80 Å². The molecule has 0 spiro atoms. The van der Waals surface area contributed by atoms with Crippen LogP contribution in [0.25, 0.3) is 0 Å². The number of aryl methyl sites for hydroxylation is 1. The smallest absolute Gasteiger partial charge is 0.253 e. The number of benzene rings is 2. The van der Waals surface area contributed by atoms with E-state index in [1.165, 1.54) is 0 Å². The van der Waals surface area contributed by atoms with E-state index in [0.29, 0.717) is 24.3 Å². The van der Waals surface area contributed by atoms with Gasteiger partial charge in [-0.25, -0.2) is 0 Å². The maximum Gasteiger partial charge on any atom is 0.253 e. The van der Waals surface area contributed by atoms with Crippen LogP contribution in [0.5, 0.6) is 0 Å². The Morgan fingerprint density at radius 3 is 2.00 bits per heavy atom. The summed E-state index contributed by atoms with van der Waals surface area (Å²) in [7, 11) is 1.72. The number of rotatable bonds is 9. The van der Waals surface area contributed by atoms with Crippen LogP contribution in [0.3, 0.4) is 0 Å². The first-order chi connectivity index (χ1) is 14.7. The zero-order valence-corrected chi connectivity index (χ0v) is 19.0. The van der Waals surface area contributed by atoms with Crippen LogP contribution in [0.15, 0.2) is 42.5 Å². The number of likely N-dealkylation sites (N-methyl/N-ethyl adjacent to an activating group) is 1. The van der Waals surface area contributed by atoms with Crippen molar-refractivity contribution in [2.45, 2.75) is 27.7 Å². The Bertz CT molecular complexity index is 921. The van der Waals surface area contributed by atoms with Crippen LogP contribution in [0.1, 0.15) is 35.3 Å². The molecule has 31 heavy (non-hydrogen) atoms. The second-order valence-corrected chi connectivity index (χ2v) is 7.57. The number of anilines is 2. The summed E-state index contributed by atoms with van der Waals surface area (Å²) in [6.45, 7) is 9.30. The van der Waals surface area contributed by atoms with Crippen molar-refractivity contribution >= 4 is 29.1 Å². The van der Waals surface area contributed by atoms with Gasteiger partial charge in [-0.1, -0.05) is 12.1 Å². The lowest BCUT2D eigenvalue weighted by Crippen LogP contribution is -2.36. The van der Waals surface area contributed by atoms with Gasteiger partial charge in [0.05, 0.1) is 13.1 Å². The molecule has 0 heterocycles. The Balaban J connectivity index is 1.85. The Labute approximate surface area is 184 Å². The van der Waals surface area contributed by atoms with E-state index in [2.05, 4.69) is 10.6 Å². The van der Waals surface area contributed by atoms with Gasteiger partial charge in [0.1, 0.15) is 0 Å². The molecule has 0 saturated carbocycles. The van der Waals surface area contributed by atoms with Gasteiger partial charge in [0, 0.05) is 30.0 Å². The molecule has 7 nitrogen and oxygen atoms in total.